The Kier molecular flexibility index (Phi) is 4.99. The van der Waals surface area contributed by atoms with Crippen LogP contribution in [0.15, 0.2) is 60.0 Å². The summed E-state index contributed by atoms with van der Waals surface area (Å²) in [5.41, 5.74) is 0.966. The first-order valence-corrected chi connectivity index (χ1v) is 10.7. The summed E-state index contributed by atoms with van der Waals surface area (Å²) in [6, 6.07) is 12.2. The van der Waals surface area contributed by atoms with Gasteiger partial charge in [-0.05, 0) is 24.3 Å². The van der Waals surface area contributed by atoms with Crippen LogP contribution in [-0.2, 0) is 0 Å². The Morgan fingerprint density at radius 1 is 1.03 bits per heavy atom. The van der Waals surface area contributed by atoms with E-state index < -0.39 is 0 Å². The second-order valence-corrected chi connectivity index (χ2v) is 8.07. The minimum Gasteiger partial charge on any atom is -0.339 e. The zero-order valence-corrected chi connectivity index (χ0v) is 17.1. The molecule has 0 bridgehead atoms. The summed E-state index contributed by atoms with van der Waals surface area (Å²) >= 11 is 1.63. The quantitative estimate of drug-likeness (QED) is 0.649. The van der Waals surface area contributed by atoms with Crippen LogP contribution in [0.3, 0.4) is 0 Å². The van der Waals surface area contributed by atoms with Gasteiger partial charge in [-0.15, -0.1) is 0 Å². The molecule has 2 aromatic heterocycles. The van der Waals surface area contributed by atoms with Gasteiger partial charge in [0.1, 0.15) is 0 Å². The van der Waals surface area contributed by atoms with Gasteiger partial charge in [0.2, 0.25) is 11.9 Å². The van der Waals surface area contributed by atoms with Crippen molar-refractivity contribution in [1.29, 1.82) is 5.26 Å². The van der Waals surface area contributed by atoms with E-state index in [0.29, 0.717) is 6.42 Å². The molecule has 30 heavy (non-hydrogen) atoms. The van der Waals surface area contributed by atoms with E-state index in [0.717, 1.165) is 53.4 Å². The van der Waals surface area contributed by atoms with Crippen LogP contribution < -0.4 is 9.80 Å². The van der Waals surface area contributed by atoms with Gasteiger partial charge >= 0.3 is 0 Å². The van der Waals surface area contributed by atoms with Gasteiger partial charge in [-0.2, -0.15) is 5.26 Å². The van der Waals surface area contributed by atoms with Crippen LogP contribution in [0.1, 0.15) is 6.42 Å². The predicted molar refractivity (Wildman–Crippen MR) is 119 cm³/mol. The number of nitrogens with zero attached hydrogens (tertiary/aromatic N) is 8. The highest BCUT2D eigenvalue weighted by atomic mass is 32.1. The second-order valence-electron chi connectivity index (χ2n) is 7.06. The number of piperazine rings is 1. The van der Waals surface area contributed by atoms with Crippen LogP contribution in [0.25, 0.3) is 10.2 Å². The maximum Gasteiger partial charge on any atom is 0.225 e. The summed E-state index contributed by atoms with van der Waals surface area (Å²) in [6.45, 7) is 3.21. The molecule has 1 atom stereocenters. The molecule has 0 N–H and O–H groups in total. The van der Waals surface area contributed by atoms with E-state index in [-0.39, 0.29) is 6.04 Å². The van der Waals surface area contributed by atoms with Gasteiger partial charge in [0.15, 0.2) is 5.13 Å². The fourth-order valence-electron chi connectivity index (χ4n) is 3.74. The first kappa shape index (κ1) is 18.5. The largest absolute Gasteiger partial charge is 0.339 e. The van der Waals surface area contributed by atoms with Crippen LogP contribution in [0.5, 0.6) is 0 Å². The Morgan fingerprint density at radius 3 is 2.57 bits per heavy atom. The molecule has 150 valence electrons. The third-order valence-electron chi connectivity index (χ3n) is 5.23. The lowest BCUT2D eigenvalue weighted by Crippen LogP contribution is -2.56. The number of hydrogen-bond acceptors (Lipinski definition) is 9. The number of aromatic nitrogens is 3. The molecule has 1 fully saturated rings. The molecule has 0 saturated carbocycles. The lowest BCUT2D eigenvalue weighted by Gasteiger charge is -2.41. The number of benzene rings is 1. The Labute approximate surface area is 178 Å². The van der Waals surface area contributed by atoms with Crippen LogP contribution in [0.4, 0.5) is 11.1 Å². The third kappa shape index (κ3) is 3.46. The van der Waals surface area contributed by atoms with Gasteiger partial charge in [-0.1, -0.05) is 23.5 Å². The summed E-state index contributed by atoms with van der Waals surface area (Å²) in [5.74, 6) is 1.61. The molecule has 0 radical (unpaired) electrons. The number of fused-ring (bicyclic) bond motifs is 1. The topological polar surface area (TPSA) is 84.5 Å². The number of aliphatic imine (C=N–C) groups is 1. The molecule has 0 spiro atoms. The average molecular weight is 417 g/mol. The summed E-state index contributed by atoms with van der Waals surface area (Å²) in [5, 5.41) is 10.2. The van der Waals surface area contributed by atoms with Gasteiger partial charge in [0.05, 0.1) is 28.7 Å². The Bertz CT molecular complexity index is 1090. The normalized spacial score (nSPS) is 19.1. The van der Waals surface area contributed by atoms with Gasteiger partial charge in [0, 0.05) is 44.8 Å². The van der Waals surface area contributed by atoms with Crippen molar-refractivity contribution in [2.45, 2.75) is 12.5 Å². The third-order valence-corrected chi connectivity index (χ3v) is 6.27. The second kappa shape index (κ2) is 8.08. The van der Waals surface area contributed by atoms with Crippen LogP contribution >= 0.6 is 11.3 Å². The minimum atomic E-state index is -0.0847. The molecule has 1 aromatic carbocycles. The van der Waals surface area contributed by atoms with Crippen molar-refractivity contribution in [3.8, 4) is 6.07 Å². The van der Waals surface area contributed by atoms with Crippen LogP contribution in [-0.4, -0.2) is 58.0 Å². The van der Waals surface area contributed by atoms with E-state index in [1.54, 1.807) is 23.7 Å². The van der Waals surface area contributed by atoms with Gasteiger partial charge < -0.3 is 9.80 Å². The van der Waals surface area contributed by atoms with Gasteiger partial charge in [-0.3, -0.25) is 4.90 Å². The molecule has 2 aliphatic heterocycles. The van der Waals surface area contributed by atoms with E-state index >= 15 is 0 Å². The molecule has 1 unspecified atom stereocenters. The zero-order valence-electron chi connectivity index (χ0n) is 16.3. The molecular weight excluding hydrogens is 396 g/mol. The molecule has 3 aromatic rings. The van der Waals surface area contributed by atoms with Crippen molar-refractivity contribution in [1.82, 2.24) is 19.9 Å². The van der Waals surface area contributed by atoms with Crippen molar-refractivity contribution in [2.75, 3.05) is 36.0 Å². The standard InChI is InChI=1S/C21H20N8S/c22-8-6-16-7-11-25-20(29(16)21-26-17-4-1-2-5-18(17)30-21)28-14-12-27(13-15-28)19-23-9-3-10-24-19/h1-5,7,9-11,16H,6,12-15H2. The monoisotopic (exact) mass is 416 g/mol. The Hall–Kier alpha value is -3.51. The highest BCUT2D eigenvalue weighted by molar-refractivity contribution is 7.22. The number of guanidine groups is 1. The minimum absolute atomic E-state index is 0.0847. The van der Waals surface area contributed by atoms with Crippen LogP contribution in [0.2, 0.25) is 0 Å². The summed E-state index contributed by atoms with van der Waals surface area (Å²) in [6.07, 6.45) is 7.71. The molecule has 9 heteroatoms. The van der Waals surface area contributed by atoms with E-state index in [9.17, 15) is 5.26 Å². The van der Waals surface area contributed by atoms with E-state index in [1.165, 1.54) is 0 Å². The molecule has 2 aliphatic rings. The molecule has 0 aliphatic carbocycles. The highest BCUT2D eigenvalue weighted by Crippen LogP contribution is 2.32. The summed E-state index contributed by atoms with van der Waals surface area (Å²) < 4.78 is 1.13. The first-order valence-electron chi connectivity index (χ1n) is 9.86. The number of thiazole rings is 1. The number of anilines is 2. The first-order chi connectivity index (χ1) is 14.8. The van der Waals surface area contributed by atoms with Crippen molar-refractivity contribution >= 4 is 38.6 Å². The molecule has 4 heterocycles. The summed E-state index contributed by atoms with van der Waals surface area (Å²) in [4.78, 5) is 24.8. The van der Waals surface area contributed by atoms with Gasteiger partial charge in [-0.25, -0.2) is 19.9 Å². The SMILES string of the molecule is N#CCC1C=CN=C(N2CCN(c3ncccn3)CC2)N1c1nc2ccccc2s1. The molecule has 0 amide bonds. The smallest absolute Gasteiger partial charge is 0.225 e. The predicted octanol–water partition coefficient (Wildman–Crippen LogP) is 2.88. The Morgan fingerprint density at radius 2 is 1.80 bits per heavy atom. The van der Waals surface area contributed by atoms with Crippen LogP contribution in [0, 0.1) is 11.3 Å². The average Bonchev–Trinajstić information content (AvgIpc) is 3.24. The maximum atomic E-state index is 9.38. The lowest BCUT2D eigenvalue weighted by atomic mass is 10.1. The lowest BCUT2D eigenvalue weighted by molar-refractivity contribution is 0.373. The molecule has 8 nitrogen and oxygen atoms in total. The van der Waals surface area contributed by atoms with Crippen molar-refractivity contribution in [3.05, 3.63) is 55.0 Å². The van der Waals surface area contributed by atoms with Crippen molar-refractivity contribution in [3.63, 3.8) is 0 Å². The highest BCUT2D eigenvalue weighted by Gasteiger charge is 2.32. The number of para-hydroxylation sites is 1. The molecular formula is C21H20N8S. The fourth-order valence-corrected chi connectivity index (χ4v) is 4.76. The van der Waals surface area contributed by atoms with E-state index in [2.05, 4.69) is 36.8 Å². The number of nitriles is 1. The summed E-state index contributed by atoms with van der Waals surface area (Å²) in [7, 11) is 0. The zero-order chi connectivity index (χ0) is 20.3. The number of hydrogen-bond donors (Lipinski definition) is 0. The van der Waals surface area contributed by atoms with E-state index in [4.69, 9.17) is 9.98 Å². The van der Waals surface area contributed by atoms with Crippen molar-refractivity contribution in [2.24, 2.45) is 4.99 Å². The van der Waals surface area contributed by atoms with Crippen molar-refractivity contribution < 1.29 is 0 Å². The van der Waals surface area contributed by atoms with E-state index in [1.807, 2.05) is 36.5 Å². The fraction of sp³-hybridized carbons (Fsp3) is 0.286. The molecule has 1 saturated heterocycles. The maximum absolute atomic E-state index is 9.38. The van der Waals surface area contributed by atoms with Gasteiger partial charge in [0.25, 0.3) is 0 Å². The number of rotatable bonds is 3. The molecule has 5 rings (SSSR count). The Balaban J connectivity index is 1.42.